The van der Waals surface area contributed by atoms with E-state index < -0.39 is 0 Å². The lowest BCUT2D eigenvalue weighted by Gasteiger charge is -2.20. The van der Waals surface area contributed by atoms with Gasteiger partial charge in [-0.25, -0.2) is 15.0 Å². The molecule has 1 aliphatic heterocycles. The van der Waals surface area contributed by atoms with Crippen LogP contribution in [-0.2, 0) is 0 Å². The zero-order valence-corrected chi connectivity index (χ0v) is 17.8. The van der Waals surface area contributed by atoms with E-state index in [1.165, 1.54) is 6.33 Å². The predicted octanol–water partition coefficient (Wildman–Crippen LogP) is 4.00. The van der Waals surface area contributed by atoms with Gasteiger partial charge in [-0.2, -0.15) is 0 Å². The largest absolute Gasteiger partial charge is 0.454 e. The molecule has 1 saturated carbocycles. The molecule has 3 N–H and O–H groups in total. The lowest BCUT2D eigenvalue weighted by molar-refractivity contribution is 0.480. The van der Waals surface area contributed by atoms with Crippen molar-refractivity contribution in [3.63, 3.8) is 0 Å². The molecule has 8 nitrogen and oxygen atoms in total. The molecule has 2 fully saturated rings. The molecule has 0 bridgehead atoms. The molecule has 0 spiro atoms. The number of hydrogen-bond donors (Lipinski definition) is 2. The van der Waals surface area contributed by atoms with Crippen LogP contribution in [0.15, 0.2) is 61.3 Å². The van der Waals surface area contributed by atoms with E-state index >= 15 is 0 Å². The Balaban J connectivity index is 1.26. The van der Waals surface area contributed by atoms with Crippen LogP contribution in [0.3, 0.4) is 0 Å². The summed E-state index contributed by atoms with van der Waals surface area (Å²) in [6, 6.07) is 11.5. The van der Waals surface area contributed by atoms with Gasteiger partial charge in [-0.1, -0.05) is 11.6 Å². The Morgan fingerprint density at radius 1 is 1.06 bits per heavy atom. The van der Waals surface area contributed by atoms with Gasteiger partial charge in [0.2, 0.25) is 0 Å². The number of nitrogens with two attached hydrogens (primary N) is 1. The van der Waals surface area contributed by atoms with Crippen molar-refractivity contribution in [1.29, 1.82) is 0 Å². The Kier molecular flexibility index (Phi) is 4.55. The summed E-state index contributed by atoms with van der Waals surface area (Å²) in [7, 11) is 0. The number of ether oxygens (including phenoxy) is 1. The van der Waals surface area contributed by atoms with E-state index in [9.17, 15) is 0 Å². The molecule has 32 heavy (non-hydrogen) atoms. The molecule has 2 aliphatic rings. The molecule has 0 radical (unpaired) electrons. The van der Waals surface area contributed by atoms with E-state index in [0.29, 0.717) is 40.2 Å². The van der Waals surface area contributed by atoms with E-state index in [1.807, 2.05) is 30.3 Å². The van der Waals surface area contributed by atoms with Crippen LogP contribution in [0.5, 0.6) is 11.5 Å². The molecule has 160 valence electrons. The smallest absolute Gasteiger partial charge is 0.146 e. The number of nitrogens with one attached hydrogen (secondary N) is 1. The van der Waals surface area contributed by atoms with E-state index in [2.05, 4.69) is 30.2 Å². The van der Waals surface area contributed by atoms with Gasteiger partial charge >= 0.3 is 0 Å². The first-order valence-electron chi connectivity index (χ1n) is 10.4. The zero-order chi connectivity index (χ0) is 21.7. The molecule has 1 aliphatic carbocycles. The molecule has 2 atom stereocenters. The summed E-state index contributed by atoms with van der Waals surface area (Å²) in [5.74, 6) is 3.97. The second kappa shape index (κ2) is 7.58. The Hall–Kier alpha value is -3.49. The Morgan fingerprint density at radius 2 is 1.94 bits per heavy atom. The minimum absolute atomic E-state index is 0.349. The third kappa shape index (κ3) is 3.47. The highest BCUT2D eigenvalue weighted by atomic mass is 35.5. The summed E-state index contributed by atoms with van der Waals surface area (Å²) < 4.78 is 5.81. The topological polar surface area (TPSA) is 102 Å². The first kappa shape index (κ1) is 19.2. The van der Waals surface area contributed by atoms with Crippen LogP contribution < -0.4 is 20.7 Å². The quantitative estimate of drug-likeness (QED) is 0.475. The zero-order valence-electron chi connectivity index (χ0n) is 17.0. The Labute approximate surface area is 189 Å². The summed E-state index contributed by atoms with van der Waals surface area (Å²) >= 11 is 6.46. The molecule has 2 unspecified atom stereocenters. The van der Waals surface area contributed by atoms with Crippen molar-refractivity contribution in [1.82, 2.24) is 19.9 Å². The monoisotopic (exact) mass is 445 g/mol. The number of benzene rings is 1. The number of aromatic nitrogens is 4. The third-order valence-corrected chi connectivity index (χ3v) is 6.44. The van der Waals surface area contributed by atoms with E-state index in [4.69, 9.17) is 22.1 Å². The maximum atomic E-state index is 6.46. The second-order valence-electron chi connectivity index (χ2n) is 8.15. The van der Waals surface area contributed by atoms with Crippen LogP contribution in [0.2, 0.25) is 5.02 Å². The van der Waals surface area contributed by atoms with Crippen molar-refractivity contribution in [2.75, 3.05) is 23.3 Å². The summed E-state index contributed by atoms with van der Waals surface area (Å²) in [5, 5.41) is 4.73. The average molecular weight is 446 g/mol. The van der Waals surface area contributed by atoms with Crippen LogP contribution in [0.25, 0.3) is 10.9 Å². The molecular formula is C23H20ClN7O. The highest BCUT2D eigenvalue weighted by Gasteiger charge is 2.53. The molecular weight excluding hydrogens is 426 g/mol. The van der Waals surface area contributed by atoms with Gasteiger partial charge in [0.25, 0.3) is 0 Å². The van der Waals surface area contributed by atoms with Crippen LogP contribution in [-0.4, -0.2) is 39.1 Å². The van der Waals surface area contributed by atoms with Gasteiger partial charge < -0.3 is 20.7 Å². The Morgan fingerprint density at radius 3 is 2.72 bits per heavy atom. The van der Waals surface area contributed by atoms with Crippen molar-refractivity contribution in [3.05, 3.63) is 66.3 Å². The normalized spacial score (nSPS) is 21.4. The average Bonchev–Trinajstić information content (AvgIpc) is 3.20. The minimum Gasteiger partial charge on any atom is -0.454 e. The van der Waals surface area contributed by atoms with Crippen molar-refractivity contribution >= 4 is 39.8 Å². The number of hydrogen-bond acceptors (Lipinski definition) is 8. The molecule has 1 aromatic carbocycles. The van der Waals surface area contributed by atoms with E-state index in [1.54, 1.807) is 24.7 Å². The molecule has 6 rings (SSSR count). The fourth-order valence-corrected chi connectivity index (χ4v) is 4.53. The van der Waals surface area contributed by atoms with Crippen molar-refractivity contribution < 1.29 is 4.74 Å². The first-order chi connectivity index (χ1) is 15.7. The van der Waals surface area contributed by atoms with Gasteiger partial charge in [-0.3, -0.25) is 4.98 Å². The molecule has 3 aromatic heterocycles. The van der Waals surface area contributed by atoms with Gasteiger partial charge in [-0.15, -0.1) is 0 Å². The lowest BCUT2D eigenvalue weighted by Crippen LogP contribution is -2.28. The van der Waals surface area contributed by atoms with Crippen molar-refractivity contribution in [3.8, 4) is 11.5 Å². The lowest BCUT2D eigenvalue weighted by atomic mass is 10.2. The molecule has 4 aromatic rings. The molecule has 1 saturated heterocycles. The number of anilines is 3. The highest BCUT2D eigenvalue weighted by Crippen LogP contribution is 2.45. The molecule has 9 heteroatoms. The number of pyridine rings is 2. The number of piperidine rings is 1. The van der Waals surface area contributed by atoms with E-state index in [-0.39, 0.29) is 0 Å². The number of halogens is 1. The number of nitrogens with zero attached hydrogens (tertiary/aromatic N) is 5. The summed E-state index contributed by atoms with van der Waals surface area (Å²) in [6.07, 6.45) is 6.64. The van der Waals surface area contributed by atoms with Gasteiger partial charge in [0.15, 0.2) is 0 Å². The van der Waals surface area contributed by atoms with Gasteiger partial charge in [0, 0.05) is 36.4 Å². The van der Waals surface area contributed by atoms with Gasteiger partial charge in [0.05, 0.1) is 22.9 Å². The minimum atomic E-state index is 0.349. The molecule has 0 amide bonds. The highest BCUT2D eigenvalue weighted by molar-refractivity contribution is 6.32. The Bertz CT molecular complexity index is 1290. The SMILES string of the molecule is NC1C2CN(c3cc4c(Nc5ccc(Oc6cccnc6)c(Cl)c5)ncnc4cn3)CC12. The van der Waals surface area contributed by atoms with Crippen LogP contribution >= 0.6 is 11.6 Å². The number of fused-ring (bicyclic) bond motifs is 2. The molecule has 4 heterocycles. The van der Waals surface area contributed by atoms with Crippen molar-refractivity contribution in [2.45, 2.75) is 6.04 Å². The predicted molar refractivity (Wildman–Crippen MR) is 124 cm³/mol. The summed E-state index contributed by atoms with van der Waals surface area (Å²) in [6.45, 7) is 1.91. The fourth-order valence-electron chi connectivity index (χ4n) is 4.31. The number of rotatable bonds is 5. The van der Waals surface area contributed by atoms with E-state index in [0.717, 1.165) is 35.5 Å². The van der Waals surface area contributed by atoms with Gasteiger partial charge in [-0.05, 0) is 48.2 Å². The maximum Gasteiger partial charge on any atom is 0.146 e. The second-order valence-corrected chi connectivity index (χ2v) is 8.56. The standard InChI is InChI=1S/C23H20ClN7O/c24-18-6-13(3-4-20(18)32-14-2-1-5-26-8-14)30-23-15-7-21(27-9-19(15)28-12-29-23)31-10-16-17(11-31)22(16)25/h1-9,12,16-17,22H,10-11,25H2,(H,28,29,30). The third-order valence-electron chi connectivity index (χ3n) is 6.15. The van der Waals surface area contributed by atoms with Crippen LogP contribution in [0, 0.1) is 11.8 Å². The first-order valence-corrected chi connectivity index (χ1v) is 10.8. The van der Waals surface area contributed by atoms with Gasteiger partial charge in [0.1, 0.15) is 29.5 Å². The van der Waals surface area contributed by atoms with Crippen molar-refractivity contribution in [2.24, 2.45) is 17.6 Å². The summed E-state index contributed by atoms with van der Waals surface area (Å²) in [4.78, 5) is 19.8. The van der Waals surface area contributed by atoms with Crippen LogP contribution in [0.1, 0.15) is 0 Å². The maximum absolute atomic E-state index is 6.46. The fraction of sp³-hybridized carbons (Fsp3) is 0.217. The van der Waals surface area contributed by atoms with Crippen LogP contribution in [0.4, 0.5) is 17.3 Å². The summed E-state index contributed by atoms with van der Waals surface area (Å²) in [5.41, 5.74) is 7.64.